The van der Waals surface area contributed by atoms with Crippen LogP contribution in [0.5, 0.6) is 0 Å². The van der Waals surface area contributed by atoms with Crippen molar-refractivity contribution < 1.29 is 14.2 Å². The minimum absolute atomic E-state index is 0.178. The Morgan fingerprint density at radius 2 is 1.59 bits per heavy atom. The number of amides is 3. The van der Waals surface area contributed by atoms with Gasteiger partial charge in [-0.3, -0.25) is 14.4 Å². The zero-order valence-corrected chi connectivity index (χ0v) is 16.0. The summed E-state index contributed by atoms with van der Waals surface area (Å²) >= 11 is 0. The number of urea groups is 1. The lowest BCUT2D eigenvalue weighted by Gasteiger charge is -2.21. The van der Waals surface area contributed by atoms with E-state index in [0.29, 0.717) is 36.5 Å². The van der Waals surface area contributed by atoms with Gasteiger partial charge in [-0.15, -0.1) is 0 Å². The van der Waals surface area contributed by atoms with E-state index in [0.717, 1.165) is 13.0 Å². The van der Waals surface area contributed by atoms with Crippen LogP contribution in [0.15, 0.2) is 60.7 Å². The smallest absolute Gasteiger partial charge is 0.320 e. The Balaban J connectivity index is 1.61. The van der Waals surface area contributed by atoms with E-state index in [-0.39, 0.29) is 5.91 Å². The van der Waals surface area contributed by atoms with Crippen LogP contribution in [0.1, 0.15) is 19.3 Å². The number of carbonyl (C=O) groups excluding carboxylic acids is 2. The van der Waals surface area contributed by atoms with E-state index >= 15 is 0 Å². The summed E-state index contributed by atoms with van der Waals surface area (Å²) < 4.78 is 13.7. The Bertz CT molecular complexity index is 783. The number of likely N-dealkylation sites (tertiary alicyclic amines) is 1. The number of rotatable bonds is 7. The van der Waals surface area contributed by atoms with Gasteiger partial charge in [-0.1, -0.05) is 36.4 Å². The SMILES string of the molecule is O=C(NCCCN1CCCC1=O)NP(=O)(c1ccccc1)c1ccccc1. The van der Waals surface area contributed by atoms with E-state index in [2.05, 4.69) is 10.4 Å². The number of hydrogen-bond acceptors (Lipinski definition) is 3. The van der Waals surface area contributed by atoms with E-state index in [1.165, 1.54) is 0 Å². The predicted molar refractivity (Wildman–Crippen MR) is 107 cm³/mol. The van der Waals surface area contributed by atoms with Crippen LogP contribution in [-0.2, 0) is 9.36 Å². The highest BCUT2D eigenvalue weighted by atomic mass is 31.2. The Kier molecular flexibility index (Phi) is 6.30. The first-order chi connectivity index (χ1) is 13.1. The van der Waals surface area contributed by atoms with Gasteiger partial charge >= 0.3 is 6.03 Å². The van der Waals surface area contributed by atoms with Gasteiger partial charge in [0.15, 0.2) is 0 Å². The first kappa shape index (κ1) is 19.2. The summed E-state index contributed by atoms with van der Waals surface area (Å²) in [6, 6.07) is 17.5. The number of benzene rings is 2. The van der Waals surface area contributed by atoms with Gasteiger partial charge in [0.25, 0.3) is 0 Å². The molecule has 0 aromatic heterocycles. The van der Waals surface area contributed by atoms with Crippen LogP contribution < -0.4 is 21.0 Å². The van der Waals surface area contributed by atoms with Crippen LogP contribution in [0.4, 0.5) is 4.79 Å². The van der Waals surface area contributed by atoms with Crippen LogP contribution in [0.25, 0.3) is 0 Å². The lowest BCUT2D eigenvalue weighted by atomic mass is 10.4. The molecule has 0 aliphatic carbocycles. The molecule has 1 saturated heterocycles. The van der Waals surface area contributed by atoms with Gasteiger partial charge in [-0.25, -0.2) is 4.79 Å². The Labute approximate surface area is 159 Å². The van der Waals surface area contributed by atoms with Crippen molar-refractivity contribution in [2.75, 3.05) is 19.6 Å². The average Bonchev–Trinajstić information content (AvgIpc) is 3.11. The summed E-state index contributed by atoms with van der Waals surface area (Å²) in [6.45, 7) is 1.84. The summed E-state index contributed by atoms with van der Waals surface area (Å²) in [5, 5.41) is 6.60. The summed E-state index contributed by atoms with van der Waals surface area (Å²) in [5.41, 5.74) is 0. The molecule has 0 atom stereocenters. The number of hydrogen-bond donors (Lipinski definition) is 2. The van der Waals surface area contributed by atoms with Gasteiger partial charge in [-0.2, -0.15) is 0 Å². The molecule has 6 nitrogen and oxygen atoms in total. The van der Waals surface area contributed by atoms with Crippen LogP contribution in [-0.4, -0.2) is 36.5 Å². The predicted octanol–water partition coefficient (Wildman–Crippen LogP) is 2.23. The van der Waals surface area contributed by atoms with Crippen molar-refractivity contribution in [1.29, 1.82) is 0 Å². The fourth-order valence-corrected chi connectivity index (χ4v) is 5.25. The number of carbonyl (C=O) groups is 2. The van der Waals surface area contributed by atoms with E-state index in [1.807, 2.05) is 17.0 Å². The fourth-order valence-electron chi connectivity index (χ4n) is 3.15. The van der Waals surface area contributed by atoms with Gasteiger partial charge in [0.1, 0.15) is 0 Å². The molecule has 1 heterocycles. The molecule has 1 fully saturated rings. The van der Waals surface area contributed by atoms with Crippen molar-refractivity contribution in [3.05, 3.63) is 60.7 Å². The summed E-state index contributed by atoms with van der Waals surface area (Å²) in [6.07, 6.45) is 2.19. The van der Waals surface area contributed by atoms with Crippen LogP contribution in [0.3, 0.4) is 0 Å². The van der Waals surface area contributed by atoms with Crippen LogP contribution >= 0.6 is 7.29 Å². The minimum atomic E-state index is -3.29. The number of nitrogens with zero attached hydrogens (tertiary/aromatic N) is 1. The van der Waals surface area contributed by atoms with Gasteiger partial charge in [0, 0.05) is 36.7 Å². The zero-order valence-electron chi connectivity index (χ0n) is 15.1. The molecule has 0 radical (unpaired) electrons. The molecular weight excluding hydrogens is 361 g/mol. The van der Waals surface area contributed by atoms with Crippen LogP contribution in [0, 0.1) is 0 Å². The third-order valence-corrected chi connectivity index (χ3v) is 7.13. The molecule has 0 spiro atoms. The largest absolute Gasteiger partial charge is 0.343 e. The summed E-state index contributed by atoms with van der Waals surface area (Å²) in [5.74, 6) is 0.178. The Hall–Kier alpha value is -2.59. The molecule has 1 aliphatic heterocycles. The quantitative estimate of drug-likeness (QED) is 0.567. The molecule has 2 N–H and O–H groups in total. The molecule has 2 aromatic rings. The highest BCUT2D eigenvalue weighted by Crippen LogP contribution is 2.38. The van der Waals surface area contributed by atoms with E-state index in [4.69, 9.17) is 0 Å². The van der Waals surface area contributed by atoms with Crippen molar-refractivity contribution in [3.63, 3.8) is 0 Å². The van der Waals surface area contributed by atoms with Gasteiger partial charge in [-0.05, 0) is 37.1 Å². The molecular formula is C20H24N3O3P. The topological polar surface area (TPSA) is 78.5 Å². The third-order valence-electron chi connectivity index (χ3n) is 4.56. The monoisotopic (exact) mass is 385 g/mol. The minimum Gasteiger partial charge on any atom is -0.343 e. The maximum absolute atomic E-state index is 13.7. The average molecular weight is 385 g/mol. The molecule has 142 valence electrons. The molecule has 0 unspecified atom stereocenters. The van der Waals surface area contributed by atoms with E-state index in [9.17, 15) is 14.2 Å². The highest BCUT2D eigenvalue weighted by molar-refractivity contribution is 7.77. The second-order valence-electron chi connectivity index (χ2n) is 6.49. The van der Waals surface area contributed by atoms with Crippen LogP contribution in [0.2, 0.25) is 0 Å². The van der Waals surface area contributed by atoms with Crippen molar-refractivity contribution in [2.45, 2.75) is 19.3 Å². The van der Waals surface area contributed by atoms with Crippen molar-refractivity contribution >= 4 is 29.8 Å². The molecule has 3 amide bonds. The first-order valence-corrected chi connectivity index (χ1v) is 10.9. The second-order valence-corrected chi connectivity index (χ2v) is 8.96. The molecule has 2 aromatic carbocycles. The summed E-state index contributed by atoms with van der Waals surface area (Å²) in [7, 11) is -3.29. The van der Waals surface area contributed by atoms with Gasteiger partial charge in [0.05, 0.1) is 0 Å². The van der Waals surface area contributed by atoms with E-state index < -0.39 is 13.3 Å². The second kappa shape index (κ2) is 8.87. The normalized spacial score (nSPS) is 14.2. The standard InChI is InChI=1S/C20H24N3O3P/c24-19-13-7-15-23(19)16-8-14-21-20(25)22-27(26,17-9-3-1-4-10-17)18-11-5-2-6-12-18/h1-6,9-12H,7-8,13-16H2,(H2,21,22,25,26). The maximum atomic E-state index is 13.7. The zero-order chi connectivity index (χ0) is 19.1. The molecule has 0 bridgehead atoms. The number of nitrogens with one attached hydrogen (secondary N) is 2. The molecule has 7 heteroatoms. The first-order valence-electron chi connectivity index (χ1n) is 9.15. The maximum Gasteiger partial charge on any atom is 0.320 e. The lowest BCUT2D eigenvalue weighted by Crippen LogP contribution is -2.40. The lowest BCUT2D eigenvalue weighted by molar-refractivity contribution is -0.127. The third kappa shape index (κ3) is 4.77. The van der Waals surface area contributed by atoms with Crippen molar-refractivity contribution in [3.8, 4) is 0 Å². The van der Waals surface area contributed by atoms with Gasteiger partial charge in [0.2, 0.25) is 13.2 Å². The highest BCUT2D eigenvalue weighted by Gasteiger charge is 2.29. The summed E-state index contributed by atoms with van der Waals surface area (Å²) in [4.78, 5) is 25.8. The molecule has 1 aliphatic rings. The van der Waals surface area contributed by atoms with Gasteiger partial charge < -0.3 is 10.2 Å². The molecule has 0 saturated carbocycles. The van der Waals surface area contributed by atoms with Crippen molar-refractivity contribution in [2.24, 2.45) is 0 Å². The molecule has 27 heavy (non-hydrogen) atoms. The fraction of sp³-hybridized carbons (Fsp3) is 0.300. The Morgan fingerprint density at radius 1 is 1.00 bits per heavy atom. The van der Waals surface area contributed by atoms with Crippen molar-refractivity contribution in [1.82, 2.24) is 15.3 Å². The Morgan fingerprint density at radius 3 is 2.11 bits per heavy atom. The van der Waals surface area contributed by atoms with E-state index in [1.54, 1.807) is 48.5 Å². The molecule has 3 rings (SSSR count).